The molecule has 1 amide bonds. The van der Waals surface area contributed by atoms with E-state index >= 15 is 0 Å². The van der Waals surface area contributed by atoms with Gasteiger partial charge >= 0.3 is 5.97 Å². The van der Waals surface area contributed by atoms with E-state index in [1.54, 1.807) is 6.08 Å². The maximum Gasteiger partial charge on any atom is 0.338 e. The number of carbonyl (C=O) groups is 2. The van der Waals surface area contributed by atoms with Gasteiger partial charge in [0.25, 0.3) is 5.91 Å². The van der Waals surface area contributed by atoms with E-state index in [-0.39, 0.29) is 24.7 Å². The summed E-state index contributed by atoms with van der Waals surface area (Å²) in [5.41, 5.74) is 0.925. The lowest BCUT2D eigenvalue weighted by Crippen LogP contribution is -2.44. The predicted octanol–water partition coefficient (Wildman–Crippen LogP) is 2.31. The Hall–Kier alpha value is -2.30. The number of para-hydroxylation sites is 1. The molecule has 5 nitrogen and oxygen atoms in total. The average Bonchev–Trinajstić information content (AvgIpc) is 2.51. The summed E-state index contributed by atoms with van der Waals surface area (Å²) in [5.74, 6) is -0.0987. The predicted molar refractivity (Wildman–Crippen MR) is 83.4 cm³/mol. The number of amides is 1. The second-order valence-electron chi connectivity index (χ2n) is 5.86. The van der Waals surface area contributed by atoms with Crippen molar-refractivity contribution < 1.29 is 19.1 Å². The van der Waals surface area contributed by atoms with Crippen molar-refractivity contribution >= 4 is 18.0 Å². The minimum atomic E-state index is -0.529. The monoisotopic (exact) mass is 303 g/mol. The van der Waals surface area contributed by atoms with E-state index in [1.807, 2.05) is 45.0 Å². The first-order chi connectivity index (χ1) is 10.4. The Bertz CT molecular complexity index is 604. The molecule has 0 radical (unpaired) electrons. The van der Waals surface area contributed by atoms with E-state index in [9.17, 15) is 9.59 Å². The van der Waals surface area contributed by atoms with Gasteiger partial charge in [0.15, 0.2) is 6.61 Å². The summed E-state index contributed by atoms with van der Waals surface area (Å²) < 4.78 is 10.5. The van der Waals surface area contributed by atoms with Crippen molar-refractivity contribution in [2.45, 2.75) is 32.7 Å². The summed E-state index contributed by atoms with van der Waals surface area (Å²) in [6, 6.07) is 7.44. The molecule has 1 aromatic carbocycles. The largest absolute Gasteiger partial charge is 0.488 e. The third kappa shape index (κ3) is 4.10. The zero-order chi connectivity index (χ0) is 16.2. The Kier molecular flexibility index (Phi) is 4.85. The minimum absolute atomic E-state index is 0.151. The molecule has 5 heteroatoms. The summed E-state index contributed by atoms with van der Waals surface area (Å²) in [7, 11) is 0. The van der Waals surface area contributed by atoms with Crippen LogP contribution in [0.3, 0.4) is 0 Å². The summed E-state index contributed by atoms with van der Waals surface area (Å²) in [4.78, 5) is 23.8. The highest BCUT2D eigenvalue weighted by atomic mass is 16.5. The number of benzene rings is 1. The zero-order valence-corrected chi connectivity index (χ0v) is 13.1. The molecule has 1 aromatic rings. The first kappa shape index (κ1) is 16.1. The molecule has 1 N–H and O–H groups in total. The van der Waals surface area contributed by atoms with Crippen molar-refractivity contribution in [2.24, 2.45) is 0 Å². The van der Waals surface area contributed by atoms with E-state index in [0.717, 1.165) is 17.7 Å². The maximum absolute atomic E-state index is 12.0. The summed E-state index contributed by atoms with van der Waals surface area (Å²) in [6.07, 6.45) is 2.53. The lowest BCUT2D eigenvalue weighted by Gasteiger charge is -2.24. The van der Waals surface area contributed by atoms with E-state index in [2.05, 4.69) is 5.32 Å². The van der Waals surface area contributed by atoms with Crippen LogP contribution in [0, 0.1) is 0 Å². The molecule has 0 spiro atoms. The number of esters is 1. The van der Waals surface area contributed by atoms with Gasteiger partial charge in [-0.05, 0) is 32.4 Å². The fraction of sp³-hybridized carbons (Fsp3) is 0.412. The number of carbonyl (C=O) groups excluding carboxylic acids is 2. The van der Waals surface area contributed by atoms with Gasteiger partial charge in [0.1, 0.15) is 12.4 Å². The number of ether oxygens (including phenoxy) is 2. The average molecular weight is 303 g/mol. The first-order valence-electron chi connectivity index (χ1n) is 7.32. The van der Waals surface area contributed by atoms with E-state index in [4.69, 9.17) is 9.47 Å². The third-order valence-corrected chi connectivity index (χ3v) is 3.59. The van der Waals surface area contributed by atoms with Gasteiger partial charge in [-0.2, -0.15) is 0 Å². The molecule has 0 saturated heterocycles. The molecule has 1 aliphatic heterocycles. The van der Waals surface area contributed by atoms with Gasteiger partial charge in [-0.25, -0.2) is 4.79 Å². The quantitative estimate of drug-likeness (QED) is 0.848. The van der Waals surface area contributed by atoms with Gasteiger partial charge in [0.2, 0.25) is 0 Å². The SMILES string of the molecule is CCC(C)(C)NC(=O)COC(=O)C1=Cc2ccccc2OC1. The van der Waals surface area contributed by atoms with E-state index in [0.29, 0.717) is 5.57 Å². The van der Waals surface area contributed by atoms with Crippen molar-refractivity contribution in [1.82, 2.24) is 5.32 Å². The topological polar surface area (TPSA) is 64.6 Å². The lowest BCUT2D eigenvalue weighted by molar-refractivity contribution is -0.145. The molecular formula is C17H21NO4. The van der Waals surface area contributed by atoms with Crippen molar-refractivity contribution in [3.8, 4) is 5.75 Å². The Labute approximate surface area is 130 Å². The highest BCUT2D eigenvalue weighted by Crippen LogP contribution is 2.26. The molecule has 1 heterocycles. The van der Waals surface area contributed by atoms with Crippen LogP contribution in [0.2, 0.25) is 0 Å². The molecule has 22 heavy (non-hydrogen) atoms. The van der Waals surface area contributed by atoms with Gasteiger partial charge < -0.3 is 14.8 Å². The minimum Gasteiger partial charge on any atom is -0.488 e. The Morgan fingerprint density at radius 3 is 2.77 bits per heavy atom. The fourth-order valence-corrected chi connectivity index (χ4v) is 1.96. The highest BCUT2D eigenvalue weighted by molar-refractivity contribution is 5.96. The van der Waals surface area contributed by atoms with Crippen molar-refractivity contribution in [3.05, 3.63) is 35.4 Å². The van der Waals surface area contributed by atoms with Gasteiger partial charge in [-0.3, -0.25) is 4.79 Å². The molecule has 0 unspecified atom stereocenters. The zero-order valence-electron chi connectivity index (χ0n) is 13.1. The van der Waals surface area contributed by atoms with Crippen molar-refractivity contribution in [2.75, 3.05) is 13.2 Å². The Balaban J connectivity index is 1.91. The number of nitrogens with one attached hydrogen (secondary N) is 1. The fourth-order valence-electron chi connectivity index (χ4n) is 1.96. The number of rotatable bonds is 5. The Morgan fingerprint density at radius 2 is 2.05 bits per heavy atom. The van der Waals surface area contributed by atoms with Crippen molar-refractivity contribution in [3.63, 3.8) is 0 Å². The van der Waals surface area contributed by atoms with Crippen LogP contribution in [0.25, 0.3) is 6.08 Å². The lowest BCUT2D eigenvalue weighted by atomic mass is 10.0. The molecule has 118 valence electrons. The summed E-state index contributed by atoms with van der Waals surface area (Å²) in [5, 5.41) is 2.81. The molecule has 0 aliphatic carbocycles. The van der Waals surface area contributed by atoms with Gasteiger partial charge in [-0.15, -0.1) is 0 Å². The summed E-state index contributed by atoms with van der Waals surface area (Å²) >= 11 is 0. The van der Waals surface area contributed by atoms with Crippen LogP contribution >= 0.6 is 0 Å². The van der Waals surface area contributed by atoms with Crippen LogP contribution in [0.15, 0.2) is 29.8 Å². The molecule has 1 aliphatic rings. The molecule has 0 fully saturated rings. The molecule has 2 rings (SSSR count). The third-order valence-electron chi connectivity index (χ3n) is 3.59. The van der Waals surface area contributed by atoms with Crippen LogP contribution in [-0.4, -0.2) is 30.6 Å². The number of hydrogen-bond donors (Lipinski definition) is 1. The molecule has 0 saturated carbocycles. The smallest absolute Gasteiger partial charge is 0.338 e. The van der Waals surface area contributed by atoms with Crippen LogP contribution in [0.4, 0.5) is 0 Å². The van der Waals surface area contributed by atoms with Gasteiger partial charge in [-0.1, -0.05) is 25.1 Å². The molecular weight excluding hydrogens is 282 g/mol. The second kappa shape index (κ2) is 6.64. The number of fused-ring (bicyclic) bond motifs is 1. The molecule has 0 bridgehead atoms. The molecule has 0 aromatic heterocycles. The molecule has 0 atom stereocenters. The standard InChI is InChI=1S/C17H21NO4/c1-4-17(2,3)18-15(19)11-22-16(20)13-9-12-7-5-6-8-14(12)21-10-13/h5-9H,4,10-11H2,1-3H3,(H,18,19). The van der Waals surface area contributed by atoms with Gasteiger partial charge in [0, 0.05) is 11.1 Å². The first-order valence-corrected chi connectivity index (χ1v) is 7.32. The number of hydrogen-bond acceptors (Lipinski definition) is 4. The van der Waals surface area contributed by atoms with E-state index in [1.165, 1.54) is 0 Å². The summed E-state index contributed by atoms with van der Waals surface area (Å²) in [6.45, 7) is 5.68. The van der Waals surface area contributed by atoms with Crippen molar-refractivity contribution in [1.29, 1.82) is 0 Å². The van der Waals surface area contributed by atoms with Crippen LogP contribution < -0.4 is 10.1 Å². The van der Waals surface area contributed by atoms with E-state index < -0.39 is 5.97 Å². The van der Waals surface area contributed by atoms with Crippen LogP contribution in [0.5, 0.6) is 5.75 Å². The Morgan fingerprint density at radius 1 is 1.32 bits per heavy atom. The van der Waals surface area contributed by atoms with Crippen LogP contribution in [0.1, 0.15) is 32.8 Å². The maximum atomic E-state index is 12.0. The van der Waals surface area contributed by atoms with Crippen LogP contribution in [-0.2, 0) is 14.3 Å². The van der Waals surface area contributed by atoms with Gasteiger partial charge in [0.05, 0.1) is 5.57 Å². The second-order valence-corrected chi connectivity index (χ2v) is 5.86. The normalized spacial score (nSPS) is 13.5. The highest BCUT2D eigenvalue weighted by Gasteiger charge is 2.21.